The maximum atomic E-state index is 11.7. The van der Waals surface area contributed by atoms with Crippen LogP contribution in [0.1, 0.15) is 38.2 Å². The number of ether oxygens (including phenoxy) is 1. The van der Waals surface area contributed by atoms with Gasteiger partial charge in [-0.05, 0) is 50.3 Å². The summed E-state index contributed by atoms with van der Waals surface area (Å²) in [4.78, 5) is 11.7. The number of hydrogen-bond donors (Lipinski definition) is 1. The van der Waals surface area contributed by atoms with Crippen LogP contribution in [0.3, 0.4) is 0 Å². The molecular weight excluding hydrogens is 299 g/mol. The summed E-state index contributed by atoms with van der Waals surface area (Å²) in [5.41, 5.74) is -0.175. The predicted molar refractivity (Wildman–Crippen MR) is 78.9 cm³/mol. The van der Waals surface area contributed by atoms with Crippen LogP contribution >= 0.6 is 23.2 Å². The van der Waals surface area contributed by atoms with E-state index >= 15 is 0 Å². The first-order valence-electron chi connectivity index (χ1n) is 6.81. The number of halogens is 2. The SMILES string of the molecule is CCOC(=O)C1CCC(O)(c2ccc(Cl)c(Cl)c2)CC1. The van der Waals surface area contributed by atoms with Crippen molar-refractivity contribution in [2.45, 2.75) is 38.2 Å². The first kappa shape index (κ1) is 15.6. The van der Waals surface area contributed by atoms with Crippen LogP contribution in [-0.4, -0.2) is 17.7 Å². The molecule has 0 aliphatic heterocycles. The number of carbonyl (C=O) groups excluding carboxylic acids is 1. The molecule has 3 nitrogen and oxygen atoms in total. The van der Waals surface area contributed by atoms with Gasteiger partial charge in [0.15, 0.2) is 0 Å². The van der Waals surface area contributed by atoms with E-state index in [2.05, 4.69) is 0 Å². The van der Waals surface area contributed by atoms with Crippen molar-refractivity contribution in [1.82, 2.24) is 0 Å². The van der Waals surface area contributed by atoms with Crippen LogP contribution < -0.4 is 0 Å². The Morgan fingerprint density at radius 2 is 2.00 bits per heavy atom. The van der Waals surface area contributed by atoms with E-state index in [1.165, 1.54) is 0 Å². The monoisotopic (exact) mass is 316 g/mol. The molecule has 0 heterocycles. The third-order valence-corrected chi connectivity index (χ3v) is 4.63. The zero-order valence-electron chi connectivity index (χ0n) is 11.4. The van der Waals surface area contributed by atoms with Crippen molar-refractivity contribution in [3.05, 3.63) is 33.8 Å². The van der Waals surface area contributed by atoms with Crippen molar-refractivity contribution >= 4 is 29.2 Å². The molecule has 1 aromatic rings. The molecular formula is C15H18Cl2O3. The Morgan fingerprint density at radius 1 is 1.35 bits per heavy atom. The predicted octanol–water partition coefficient (Wildman–Crippen LogP) is 3.93. The summed E-state index contributed by atoms with van der Waals surface area (Å²) >= 11 is 11.9. The fourth-order valence-electron chi connectivity index (χ4n) is 2.67. The van der Waals surface area contributed by atoms with Gasteiger partial charge in [-0.15, -0.1) is 0 Å². The largest absolute Gasteiger partial charge is 0.466 e. The van der Waals surface area contributed by atoms with E-state index in [1.807, 2.05) is 0 Å². The van der Waals surface area contributed by atoms with Crippen LogP contribution in [-0.2, 0) is 15.1 Å². The molecule has 0 radical (unpaired) electrons. The summed E-state index contributed by atoms with van der Waals surface area (Å²) in [6.07, 6.45) is 2.29. The van der Waals surface area contributed by atoms with E-state index in [1.54, 1.807) is 25.1 Å². The minimum Gasteiger partial charge on any atom is -0.466 e. The van der Waals surface area contributed by atoms with Gasteiger partial charge in [0.25, 0.3) is 0 Å². The van der Waals surface area contributed by atoms with Gasteiger partial charge >= 0.3 is 5.97 Å². The fraction of sp³-hybridized carbons (Fsp3) is 0.533. The van der Waals surface area contributed by atoms with Crippen LogP contribution in [0.15, 0.2) is 18.2 Å². The van der Waals surface area contributed by atoms with Crippen molar-refractivity contribution in [3.8, 4) is 0 Å². The van der Waals surface area contributed by atoms with E-state index in [0.29, 0.717) is 42.3 Å². The van der Waals surface area contributed by atoms with Crippen molar-refractivity contribution in [2.75, 3.05) is 6.61 Å². The minimum atomic E-state index is -0.933. The van der Waals surface area contributed by atoms with Crippen LogP contribution in [0.4, 0.5) is 0 Å². The number of carbonyl (C=O) groups is 1. The lowest BCUT2D eigenvalue weighted by molar-refractivity contribution is -0.151. The van der Waals surface area contributed by atoms with Crippen molar-refractivity contribution in [3.63, 3.8) is 0 Å². The quantitative estimate of drug-likeness (QED) is 0.859. The molecule has 0 bridgehead atoms. The van der Waals surface area contributed by atoms with Gasteiger partial charge in [0.2, 0.25) is 0 Å². The zero-order valence-corrected chi connectivity index (χ0v) is 12.9. The van der Waals surface area contributed by atoms with Crippen LogP contribution in [0.5, 0.6) is 0 Å². The lowest BCUT2D eigenvalue weighted by Crippen LogP contribution is -2.34. The summed E-state index contributed by atoms with van der Waals surface area (Å²) in [7, 11) is 0. The van der Waals surface area contributed by atoms with Gasteiger partial charge in [0.1, 0.15) is 0 Å². The highest BCUT2D eigenvalue weighted by molar-refractivity contribution is 6.42. The molecule has 1 fully saturated rings. The van der Waals surface area contributed by atoms with E-state index in [0.717, 1.165) is 5.56 Å². The first-order chi connectivity index (χ1) is 9.46. The van der Waals surface area contributed by atoms with Gasteiger partial charge in [-0.1, -0.05) is 29.3 Å². The Kier molecular flexibility index (Phi) is 4.95. The molecule has 0 spiro atoms. The van der Waals surface area contributed by atoms with Gasteiger partial charge < -0.3 is 9.84 Å². The number of aliphatic hydroxyl groups is 1. The highest BCUT2D eigenvalue weighted by atomic mass is 35.5. The molecule has 0 unspecified atom stereocenters. The molecule has 0 aromatic heterocycles. The van der Waals surface area contributed by atoms with Gasteiger partial charge in [0.05, 0.1) is 28.2 Å². The molecule has 20 heavy (non-hydrogen) atoms. The van der Waals surface area contributed by atoms with Crippen molar-refractivity contribution in [1.29, 1.82) is 0 Å². The second kappa shape index (κ2) is 6.33. The average molecular weight is 317 g/mol. The molecule has 1 aliphatic carbocycles. The topological polar surface area (TPSA) is 46.5 Å². The molecule has 1 saturated carbocycles. The standard InChI is InChI=1S/C15H18Cl2O3/c1-2-20-14(18)10-5-7-15(19,8-6-10)11-3-4-12(16)13(17)9-11/h3-4,9-10,19H,2,5-8H2,1H3. The number of rotatable bonds is 3. The van der Waals surface area contributed by atoms with Crippen molar-refractivity contribution in [2.24, 2.45) is 5.92 Å². The second-order valence-corrected chi connectivity index (χ2v) is 6.00. The number of esters is 1. The van der Waals surface area contributed by atoms with Gasteiger partial charge in [-0.3, -0.25) is 4.79 Å². The summed E-state index contributed by atoms with van der Waals surface area (Å²) < 4.78 is 5.03. The minimum absolute atomic E-state index is 0.113. The van der Waals surface area contributed by atoms with Crippen LogP contribution in [0.2, 0.25) is 10.0 Å². The third kappa shape index (κ3) is 3.27. The molecule has 0 atom stereocenters. The zero-order chi connectivity index (χ0) is 14.8. The molecule has 0 amide bonds. The molecule has 1 aromatic carbocycles. The number of hydrogen-bond acceptors (Lipinski definition) is 3. The summed E-state index contributed by atoms with van der Waals surface area (Å²) in [6.45, 7) is 2.19. The third-order valence-electron chi connectivity index (χ3n) is 3.89. The van der Waals surface area contributed by atoms with Crippen molar-refractivity contribution < 1.29 is 14.6 Å². The molecule has 110 valence electrons. The van der Waals surface area contributed by atoms with Gasteiger partial charge in [0, 0.05) is 0 Å². The van der Waals surface area contributed by atoms with Crippen LogP contribution in [0, 0.1) is 5.92 Å². The molecule has 5 heteroatoms. The second-order valence-electron chi connectivity index (χ2n) is 5.19. The Balaban J connectivity index is 2.07. The highest BCUT2D eigenvalue weighted by Crippen LogP contribution is 2.41. The Morgan fingerprint density at radius 3 is 2.55 bits per heavy atom. The van der Waals surface area contributed by atoms with E-state index < -0.39 is 5.60 Å². The average Bonchev–Trinajstić information content (AvgIpc) is 2.43. The Hall–Kier alpha value is -0.770. The molecule has 0 saturated heterocycles. The lowest BCUT2D eigenvalue weighted by Gasteiger charge is -2.35. The lowest BCUT2D eigenvalue weighted by atomic mass is 9.75. The maximum Gasteiger partial charge on any atom is 0.308 e. The van der Waals surface area contributed by atoms with E-state index in [9.17, 15) is 9.90 Å². The summed E-state index contributed by atoms with van der Waals surface area (Å²) in [5, 5.41) is 11.6. The molecule has 1 aliphatic rings. The maximum absolute atomic E-state index is 11.7. The molecule has 1 N–H and O–H groups in total. The van der Waals surface area contributed by atoms with Gasteiger partial charge in [-0.25, -0.2) is 0 Å². The normalized spacial score (nSPS) is 26.3. The van der Waals surface area contributed by atoms with E-state index in [4.69, 9.17) is 27.9 Å². The summed E-state index contributed by atoms with van der Waals surface area (Å²) in [5.74, 6) is -0.276. The van der Waals surface area contributed by atoms with E-state index in [-0.39, 0.29) is 11.9 Å². The Bertz CT molecular complexity index is 494. The Labute approximate surface area is 128 Å². The number of benzene rings is 1. The van der Waals surface area contributed by atoms with Crippen LogP contribution in [0.25, 0.3) is 0 Å². The fourth-order valence-corrected chi connectivity index (χ4v) is 2.96. The first-order valence-corrected chi connectivity index (χ1v) is 7.56. The highest BCUT2D eigenvalue weighted by Gasteiger charge is 2.37. The summed E-state index contributed by atoms with van der Waals surface area (Å²) in [6, 6.07) is 5.18. The smallest absolute Gasteiger partial charge is 0.308 e. The van der Waals surface area contributed by atoms with Gasteiger partial charge in [-0.2, -0.15) is 0 Å². The molecule has 2 rings (SSSR count).